The number of carbonyl (C=O) groups excluding carboxylic acids is 2. The molecule has 168 valence electrons. The SMILES string of the molecule is CCCCCCOc1cccc(C(=O)COc2cc(OC(C)C)cc(C(=O)OC)c2)c1. The third-order valence-corrected chi connectivity index (χ3v) is 4.47. The van der Waals surface area contributed by atoms with E-state index in [2.05, 4.69) is 6.92 Å². The Morgan fingerprint density at radius 2 is 1.61 bits per heavy atom. The van der Waals surface area contributed by atoms with E-state index in [0.29, 0.717) is 35.0 Å². The molecule has 2 rings (SSSR count). The van der Waals surface area contributed by atoms with Gasteiger partial charge in [-0.3, -0.25) is 4.79 Å². The van der Waals surface area contributed by atoms with Crippen molar-refractivity contribution >= 4 is 11.8 Å². The van der Waals surface area contributed by atoms with E-state index in [1.54, 1.807) is 30.3 Å². The first-order valence-electron chi connectivity index (χ1n) is 10.7. The van der Waals surface area contributed by atoms with Crippen LogP contribution in [-0.4, -0.2) is 38.2 Å². The molecule has 0 heterocycles. The summed E-state index contributed by atoms with van der Waals surface area (Å²) in [7, 11) is 1.31. The average Bonchev–Trinajstić information content (AvgIpc) is 2.76. The second-order valence-electron chi connectivity index (χ2n) is 7.50. The van der Waals surface area contributed by atoms with Crippen LogP contribution >= 0.6 is 0 Å². The Morgan fingerprint density at radius 3 is 2.32 bits per heavy atom. The summed E-state index contributed by atoms with van der Waals surface area (Å²) in [5.41, 5.74) is 0.801. The fourth-order valence-electron chi connectivity index (χ4n) is 2.94. The van der Waals surface area contributed by atoms with Crippen molar-refractivity contribution in [3.8, 4) is 17.2 Å². The van der Waals surface area contributed by atoms with Crippen molar-refractivity contribution < 1.29 is 28.5 Å². The summed E-state index contributed by atoms with van der Waals surface area (Å²) in [5, 5.41) is 0. The molecule has 0 bridgehead atoms. The number of rotatable bonds is 13. The van der Waals surface area contributed by atoms with Gasteiger partial charge in [0.05, 0.1) is 25.4 Å². The molecule has 2 aromatic rings. The fourth-order valence-corrected chi connectivity index (χ4v) is 2.94. The molecule has 0 aromatic heterocycles. The van der Waals surface area contributed by atoms with E-state index in [0.717, 1.165) is 12.8 Å². The van der Waals surface area contributed by atoms with Crippen molar-refractivity contribution in [3.05, 3.63) is 53.6 Å². The lowest BCUT2D eigenvalue weighted by Crippen LogP contribution is -2.13. The monoisotopic (exact) mass is 428 g/mol. The summed E-state index contributed by atoms with van der Waals surface area (Å²) in [6.07, 6.45) is 4.42. The highest BCUT2D eigenvalue weighted by Gasteiger charge is 2.13. The van der Waals surface area contributed by atoms with E-state index in [1.807, 2.05) is 19.9 Å². The van der Waals surface area contributed by atoms with Crippen LogP contribution in [0.15, 0.2) is 42.5 Å². The molecule has 2 aromatic carbocycles. The van der Waals surface area contributed by atoms with Crippen molar-refractivity contribution in [2.24, 2.45) is 0 Å². The summed E-state index contributed by atoms with van der Waals surface area (Å²) in [4.78, 5) is 24.6. The highest BCUT2D eigenvalue weighted by molar-refractivity contribution is 5.97. The second-order valence-corrected chi connectivity index (χ2v) is 7.50. The molecule has 0 atom stereocenters. The van der Waals surface area contributed by atoms with E-state index in [4.69, 9.17) is 18.9 Å². The van der Waals surface area contributed by atoms with Gasteiger partial charge >= 0.3 is 5.97 Å². The second kappa shape index (κ2) is 12.6. The summed E-state index contributed by atoms with van der Waals surface area (Å²) < 4.78 is 21.9. The maximum atomic E-state index is 12.6. The Kier molecular flexibility index (Phi) is 9.88. The van der Waals surface area contributed by atoms with Gasteiger partial charge in [0.15, 0.2) is 12.4 Å². The van der Waals surface area contributed by atoms with Gasteiger partial charge in [-0.2, -0.15) is 0 Å². The van der Waals surface area contributed by atoms with Crippen molar-refractivity contribution in [2.75, 3.05) is 20.3 Å². The van der Waals surface area contributed by atoms with Gasteiger partial charge in [0.25, 0.3) is 0 Å². The lowest BCUT2D eigenvalue weighted by molar-refractivity contribution is 0.0599. The largest absolute Gasteiger partial charge is 0.494 e. The lowest BCUT2D eigenvalue weighted by Gasteiger charge is -2.13. The Bertz CT molecular complexity index is 859. The molecule has 0 unspecified atom stereocenters. The molecule has 31 heavy (non-hydrogen) atoms. The van der Waals surface area contributed by atoms with Gasteiger partial charge < -0.3 is 18.9 Å². The van der Waals surface area contributed by atoms with Gasteiger partial charge in [0, 0.05) is 11.6 Å². The Labute approximate surface area is 184 Å². The lowest BCUT2D eigenvalue weighted by atomic mass is 10.1. The Morgan fingerprint density at radius 1 is 0.871 bits per heavy atom. The van der Waals surface area contributed by atoms with Crippen LogP contribution in [0.3, 0.4) is 0 Å². The van der Waals surface area contributed by atoms with Gasteiger partial charge in [-0.1, -0.05) is 38.3 Å². The van der Waals surface area contributed by atoms with E-state index in [9.17, 15) is 9.59 Å². The summed E-state index contributed by atoms with van der Waals surface area (Å²) >= 11 is 0. The predicted molar refractivity (Wildman–Crippen MR) is 119 cm³/mol. The first kappa shape index (κ1) is 24.3. The highest BCUT2D eigenvalue weighted by Crippen LogP contribution is 2.25. The zero-order valence-electron chi connectivity index (χ0n) is 18.8. The van der Waals surface area contributed by atoms with Crippen LogP contribution < -0.4 is 14.2 Å². The van der Waals surface area contributed by atoms with Crippen molar-refractivity contribution in [2.45, 2.75) is 52.6 Å². The van der Waals surface area contributed by atoms with Gasteiger partial charge in [0.1, 0.15) is 17.2 Å². The summed E-state index contributed by atoms with van der Waals surface area (Å²) in [6.45, 7) is 6.39. The number of Topliss-reactive ketones (excluding diaryl/α,β-unsaturated/α-hetero) is 1. The first-order chi connectivity index (χ1) is 14.9. The maximum absolute atomic E-state index is 12.6. The number of ether oxygens (including phenoxy) is 4. The Hall–Kier alpha value is -3.02. The number of benzene rings is 2. The van der Waals surface area contributed by atoms with Crippen LogP contribution in [0.25, 0.3) is 0 Å². The number of unbranched alkanes of at least 4 members (excludes halogenated alkanes) is 3. The normalized spacial score (nSPS) is 10.6. The fraction of sp³-hybridized carbons (Fsp3) is 0.440. The minimum Gasteiger partial charge on any atom is -0.494 e. The van der Waals surface area contributed by atoms with Gasteiger partial charge in [-0.25, -0.2) is 4.79 Å². The molecule has 0 saturated carbocycles. The summed E-state index contributed by atoms with van der Waals surface area (Å²) in [5.74, 6) is 0.803. The quantitative estimate of drug-likeness (QED) is 0.239. The van der Waals surface area contributed by atoms with Crippen molar-refractivity contribution in [1.82, 2.24) is 0 Å². The van der Waals surface area contributed by atoms with E-state index < -0.39 is 5.97 Å². The molecular formula is C25H32O6. The summed E-state index contributed by atoms with van der Waals surface area (Å²) in [6, 6.07) is 11.9. The molecule has 0 N–H and O–H groups in total. The average molecular weight is 429 g/mol. The maximum Gasteiger partial charge on any atom is 0.338 e. The third kappa shape index (κ3) is 8.32. The number of ketones is 1. The van der Waals surface area contributed by atoms with Gasteiger partial charge in [-0.15, -0.1) is 0 Å². The molecule has 0 aliphatic carbocycles. The van der Waals surface area contributed by atoms with Crippen molar-refractivity contribution in [3.63, 3.8) is 0 Å². The van der Waals surface area contributed by atoms with Crippen LogP contribution in [0.1, 0.15) is 67.2 Å². The van der Waals surface area contributed by atoms with Crippen LogP contribution in [0, 0.1) is 0 Å². The van der Waals surface area contributed by atoms with Crippen LogP contribution in [0.5, 0.6) is 17.2 Å². The van der Waals surface area contributed by atoms with Gasteiger partial charge in [-0.05, 0) is 44.5 Å². The molecule has 0 aliphatic heterocycles. The van der Waals surface area contributed by atoms with E-state index >= 15 is 0 Å². The van der Waals surface area contributed by atoms with Gasteiger partial charge in [0.2, 0.25) is 0 Å². The standard InChI is InChI=1S/C25H32O6/c1-5-6-7-8-12-29-21-11-9-10-19(13-21)24(26)17-30-22-14-20(25(27)28-4)15-23(16-22)31-18(2)3/h9-11,13-16,18H,5-8,12,17H2,1-4H3. The molecule has 0 aliphatic rings. The Balaban J connectivity index is 2.01. The number of esters is 1. The number of hydrogen-bond donors (Lipinski definition) is 0. The zero-order chi connectivity index (χ0) is 22.6. The molecule has 6 nitrogen and oxygen atoms in total. The molecule has 0 fully saturated rings. The number of methoxy groups -OCH3 is 1. The predicted octanol–water partition coefficient (Wildman–Crippen LogP) is 5.48. The van der Waals surface area contributed by atoms with Crippen LogP contribution in [-0.2, 0) is 4.74 Å². The zero-order valence-corrected chi connectivity index (χ0v) is 18.8. The third-order valence-electron chi connectivity index (χ3n) is 4.47. The molecule has 0 amide bonds. The molecule has 0 spiro atoms. The first-order valence-corrected chi connectivity index (χ1v) is 10.7. The minimum atomic E-state index is -0.505. The van der Waals surface area contributed by atoms with Crippen LogP contribution in [0.2, 0.25) is 0 Å². The highest BCUT2D eigenvalue weighted by atomic mass is 16.5. The van der Waals surface area contributed by atoms with Crippen molar-refractivity contribution in [1.29, 1.82) is 0 Å². The van der Waals surface area contributed by atoms with E-state index in [1.165, 1.54) is 26.0 Å². The smallest absolute Gasteiger partial charge is 0.338 e. The minimum absolute atomic E-state index is 0.0768. The number of hydrogen-bond acceptors (Lipinski definition) is 6. The van der Waals surface area contributed by atoms with E-state index in [-0.39, 0.29) is 18.5 Å². The molecule has 0 radical (unpaired) electrons. The molecular weight excluding hydrogens is 396 g/mol. The topological polar surface area (TPSA) is 71.1 Å². The number of carbonyl (C=O) groups is 2. The molecule has 6 heteroatoms. The van der Waals surface area contributed by atoms with Crippen LogP contribution in [0.4, 0.5) is 0 Å². The molecule has 0 saturated heterocycles.